The van der Waals surface area contributed by atoms with Crippen molar-refractivity contribution in [3.63, 3.8) is 0 Å². The first-order valence-electron chi connectivity index (χ1n) is 6.48. The molecule has 4 nitrogen and oxygen atoms in total. The second-order valence-electron chi connectivity index (χ2n) is 4.55. The van der Waals surface area contributed by atoms with Crippen LogP contribution in [-0.2, 0) is 0 Å². The lowest BCUT2D eigenvalue weighted by Crippen LogP contribution is -1.88. The minimum atomic E-state index is -0.447. The van der Waals surface area contributed by atoms with Gasteiger partial charge in [0.2, 0.25) is 0 Å². The summed E-state index contributed by atoms with van der Waals surface area (Å²) in [6.45, 7) is 0. The van der Waals surface area contributed by atoms with E-state index in [1.807, 2.05) is 0 Å². The van der Waals surface area contributed by atoms with Crippen LogP contribution in [-0.4, -0.2) is 15.0 Å². The molecule has 23 heavy (non-hydrogen) atoms. The van der Waals surface area contributed by atoms with E-state index in [2.05, 4.69) is 42.8 Å². The van der Waals surface area contributed by atoms with Crippen LogP contribution in [0.4, 0.5) is 4.39 Å². The zero-order chi connectivity index (χ0) is 16.4. The number of nitrogens with one attached hydrogen (secondary N) is 1. The molecule has 0 bridgehead atoms. The van der Waals surface area contributed by atoms with Crippen molar-refractivity contribution in [2.24, 2.45) is 5.73 Å². The summed E-state index contributed by atoms with van der Waals surface area (Å²) in [6, 6.07) is 10.3. The molecule has 1 aromatic carbocycles. The molecular formula is C16H9BrClFN4. The Morgan fingerprint density at radius 3 is 2.74 bits per heavy atom. The minimum absolute atomic E-state index is 0.222. The van der Waals surface area contributed by atoms with Crippen molar-refractivity contribution < 1.29 is 4.39 Å². The molecule has 2 aromatic heterocycles. The highest BCUT2D eigenvalue weighted by atomic mass is 79.9. The largest absolute Gasteiger partial charge is 0.359 e. The number of hydrogen-bond donors (Lipinski definition) is 2. The number of imidazole rings is 1. The Kier molecular flexibility index (Phi) is 4.33. The molecule has 0 aliphatic rings. The lowest BCUT2D eigenvalue weighted by Gasteiger charge is -2.01. The molecule has 0 aliphatic heterocycles. The first-order valence-corrected chi connectivity index (χ1v) is 7.65. The third-order valence-electron chi connectivity index (χ3n) is 3.10. The molecule has 0 atom stereocenters. The van der Waals surface area contributed by atoms with E-state index < -0.39 is 5.82 Å². The van der Waals surface area contributed by atoms with Crippen LogP contribution in [0.2, 0.25) is 5.02 Å². The van der Waals surface area contributed by atoms with Crippen LogP contribution in [0, 0.1) is 17.8 Å². The summed E-state index contributed by atoms with van der Waals surface area (Å²) in [5.41, 5.74) is 7.27. The Morgan fingerprint density at radius 2 is 2.09 bits per heavy atom. The first-order chi connectivity index (χ1) is 11.1. The third kappa shape index (κ3) is 3.07. The van der Waals surface area contributed by atoms with Gasteiger partial charge in [0.05, 0.1) is 10.6 Å². The summed E-state index contributed by atoms with van der Waals surface area (Å²) in [4.78, 5) is 11.6. The number of benzene rings is 1. The van der Waals surface area contributed by atoms with Crippen LogP contribution < -0.4 is 5.73 Å². The molecule has 0 saturated heterocycles. The highest BCUT2D eigenvalue weighted by molar-refractivity contribution is 9.10. The first kappa shape index (κ1) is 15.5. The van der Waals surface area contributed by atoms with Crippen molar-refractivity contribution in [1.29, 1.82) is 0 Å². The average Bonchev–Trinajstić information content (AvgIpc) is 2.90. The molecule has 0 amide bonds. The third-order valence-corrected chi connectivity index (χ3v) is 3.99. The predicted molar refractivity (Wildman–Crippen MR) is 91.0 cm³/mol. The van der Waals surface area contributed by atoms with Gasteiger partial charge in [-0.1, -0.05) is 17.7 Å². The van der Waals surface area contributed by atoms with E-state index in [1.165, 1.54) is 6.07 Å². The molecule has 0 unspecified atom stereocenters. The zero-order valence-corrected chi connectivity index (χ0v) is 13.9. The van der Waals surface area contributed by atoms with E-state index in [-0.39, 0.29) is 10.6 Å². The zero-order valence-electron chi connectivity index (χ0n) is 11.6. The van der Waals surface area contributed by atoms with Crippen molar-refractivity contribution in [3.8, 4) is 34.6 Å². The van der Waals surface area contributed by atoms with Crippen LogP contribution >= 0.6 is 27.5 Å². The number of pyridine rings is 1. The number of nitrogens with two attached hydrogens (primary N) is 1. The predicted octanol–water partition coefficient (Wildman–Crippen LogP) is 3.96. The number of rotatable bonds is 2. The van der Waals surface area contributed by atoms with Gasteiger partial charge in [-0.05, 0) is 46.1 Å². The van der Waals surface area contributed by atoms with Crippen molar-refractivity contribution in [2.75, 3.05) is 0 Å². The summed E-state index contributed by atoms with van der Waals surface area (Å²) in [6.07, 6.45) is 1.62. The van der Waals surface area contributed by atoms with Gasteiger partial charge in [0, 0.05) is 17.8 Å². The molecule has 7 heteroatoms. The summed E-state index contributed by atoms with van der Waals surface area (Å²) in [7, 11) is 0. The quantitative estimate of drug-likeness (QED) is 0.513. The lowest BCUT2D eigenvalue weighted by atomic mass is 10.2. The highest BCUT2D eigenvalue weighted by Gasteiger charge is 2.17. The molecule has 3 N–H and O–H groups in total. The maximum absolute atomic E-state index is 14.0. The Hall–Kier alpha value is -2.36. The second kappa shape index (κ2) is 6.41. The molecule has 0 fully saturated rings. The van der Waals surface area contributed by atoms with Crippen molar-refractivity contribution >= 4 is 27.5 Å². The smallest absolute Gasteiger partial charge is 0.143 e. The van der Waals surface area contributed by atoms with Crippen LogP contribution in [0.25, 0.3) is 22.6 Å². The number of hydrogen-bond acceptors (Lipinski definition) is 3. The Bertz CT molecular complexity index is 905. The average molecular weight is 392 g/mol. The van der Waals surface area contributed by atoms with Gasteiger partial charge < -0.3 is 10.7 Å². The fraction of sp³-hybridized carbons (Fsp3) is 0. The molecule has 0 saturated carbocycles. The summed E-state index contributed by atoms with van der Waals surface area (Å²) in [5, 5.41) is 0.282. The Morgan fingerprint density at radius 1 is 1.26 bits per heavy atom. The molecule has 0 radical (unpaired) electrons. The van der Waals surface area contributed by atoms with Gasteiger partial charge in [-0.25, -0.2) is 14.4 Å². The number of aromatic nitrogens is 3. The summed E-state index contributed by atoms with van der Waals surface area (Å²) >= 11 is 9.46. The van der Waals surface area contributed by atoms with Gasteiger partial charge in [-0.2, -0.15) is 0 Å². The van der Waals surface area contributed by atoms with Gasteiger partial charge in [-0.15, -0.1) is 0 Å². The molecule has 114 valence electrons. The molecule has 3 rings (SSSR count). The van der Waals surface area contributed by atoms with Crippen molar-refractivity contribution in [3.05, 3.63) is 57.7 Å². The number of H-pyrrole nitrogens is 1. The van der Waals surface area contributed by atoms with E-state index in [0.717, 1.165) is 5.56 Å². The summed E-state index contributed by atoms with van der Waals surface area (Å²) in [5.74, 6) is 2.54. The molecule has 0 aliphatic carbocycles. The molecule has 0 spiro atoms. The van der Waals surface area contributed by atoms with Gasteiger partial charge in [0.15, 0.2) is 0 Å². The Balaban J connectivity index is 2.06. The van der Waals surface area contributed by atoms with E-state index in [0.29, 0.717) is 21.8 Å². The summed E-state index contributed by atoms with van der Waals surface area (Å²) < 4.78 is 14.6. The second-order valence-corrected chi connectivity index (χ2v) is 5.75. The van der Waals surface area contributed by atoms with Gasteiger partial charge in [-0.3, -0.25) is 0 Å². The fourth-order valence-corrected chi connectivity index (χ4v) is 2.83. The van der Waals surface area contributed by atoms with Gasteiger partial charge in [0.1, 0.15) is 27.6 Å². The number of aromatic amines is 1. The lowest BCUT2D eigenvalue weighted by molar-refractivity contribution is 0.630. The molecular weight excluding hydrogens is 383 g/mol. The Labute approximate surface area is 145 Å². The van der Waals surface area contributed by atoms with Crippen molar-refractivity contribution in [1.82, 2.24) is 15.0 Å². The monoisotopic (exact) mass is 390 g/mol. The minimum Gasteiger partial charge on any atom is -0.359 e. The highest BCUT2D eigenvalue weighted by Crippen LogP contribution is 2.33. The van der Waals surface area contributed by atoms with Crippen LogP contribution in [0.15, 0.2) is 41.1 Å². The van der Waals surface area contributed by atoms with Crippen LogP contribution in [0.3, 0.4) is 0 Å². The fourth-order valence-electron chi connectivity index (χ4n) is 2.07. The van der Waals surface area contributed by atoms with Gasteiger partial charge >= 0.3 is 0 Å². The van der Waals surface area contributed by atoms with Crippen molar-refractivity contribution in [2.45, 2.75) is 0 Å². The normalized spacial score (nSPS) is 10.2. The van der Waals surface area contributed by atoms with Gasteiger partial charge in [0.25, 0.3) is 0 Å². The van der Waals surface area contributed by atoms with E-state index >= 15 is 0 Å². The molecule has 2 heterocycles. The maximum atomic E-state index is 14.0. The SMILES string of the molecule is NC#Cc1ccc(-c2nc(-c3c(F)cccc3Cl)[nH]c2Br)cn1. The van der Waals surface area contributed by atoms with Crippen LogP contribution in [0.1, 0.15) is 5.69 Å². The van der Waals surface area contributed by atoms with Crippen LogP contribution in [0.5, 0.6) is 0 Å². The van der Waals surface area contributed by atoms with E-state index in [9.17, 15) is 4.39 Å². The maximum Gasteiger partial charge on any atom is 0.143 e. The van der Waals surface area contributed by atoms with E-state index in [4.69, 9.17) is 17.3 Å². The van der Waals surface area contributed by atoms with E-state index in [1.54, 1.807) is 30.5 Å². The molecule has 3 aromatic rings. The number of nitrogens with zero attached hydrogens (tertiary/aromatic N) is 2. The number of halogens is 3. The standard InChI is InChI=1S/C16H9BrClFN4/c17-15-14(9-4-5-10(6-7-20)21-8-9)22-16(23-15)13-11(18)2-1-3-12(13)19/h1-5,8H,20H2,(H,22,23). The topological polar surface area (TPSA) is 67.6 Å².